The van der Waals surface area contributed by atoms with Crippen LogP contribution >= 0.6 is 0 Å². The van der Waals surface area contributed by atoms with E-state index in [-0.39, 0.29) is 17.7 Å². The highest BCUT2D eigenvalue weighted by molar-refractivity contribution is 5.90. The molecule has 3 rings (SSSR count). The van der Waals surface area contributed by atoms with Gasteiger partial charge in [-0.25, -0.2) is 0 Å². The molecule has 1 aliphatic rings. The predicted octanol–water partition coefficient (Wildman–Crippen LogP) is 6.31. The molecule has 1 amide bonds. The van der Waals surface area contributed by atoms with E-state index in [0.717, 1.165) is 42.5 Å². The second kappa shape index (κ2) is 9.47. The molecule has 0 bridgehead atoms. The first-order chi connectivity index (χ1) is 14.6. The van der Waals surface area contributed by atoms with Gasteiger partial charge < -0.3 is 4.74 Å². The molecule has 31 heavy (non-hydrogen) atoms. The maximum Gasteiger partial charge on any atom is 0.410 e. The number of rotatable bonds is 9. The number of halogens is 3. The van der Waals surface area contributed by atoms with Crippen LogP contribution in [0.2, 0.25) is 0 Å². The van der Waals surface area contributed by atoms with E-state index in [1.54, 1.807) is 32.0 Å². The molecule has 0 aliphatic carbocycles. The number of ether oxygens (including phenoxy) is 1. The smallest absolute Gasteiger partial charge is 0.410 e. The number of nitrogens with one attached hydrogen (secondary N) is 1. The van der Waals surface area contributed by atoms with Gasteiger partial charge in [-0.1, -0.05) is 69.0 Å². The second-order valence-corrected chi connectivity index (χ2v) is 8.81. The van der Waals surface area contributed by atoms with Gasteiger partial charge >= 0.3 is 6.18 Å². The molecule has 1 aliphatic heterocycles. The second-order valence-electron chi connectivity index (χ2n) is 8.81. The van der Waals surface area contributed by atoms with Crippen LogP contribution in [0.1, 0.15) is 70.9 Å². The Morgan fingerprint density at radius 1 is 1.10 bits per heavy atom. The van der Waals surface area contributed by atoms with Gasteiger partial charge in [0, 0.05) is 22.9 Å². The molecular weight excluding hydrogens is 405 g/mol. The third-order valence-corrected chi connectivity index (χ3v) is 5.76. The molecule has 4 nitrogen and oxygen atoms in total. The molecule has 1 fully saturated rings. The number of hydrogen-bond donors (Lipinski definition) is 1. The number of hydrogen-bond acceptors (Lipinski definition) is 3. The van der Waals surface area contributed by atoms with Crippen molar-refractivity contribution in [3.8, 4) is 5.75 Å². The number of alkyl halides is 3. The minimum atomic E-state index is -4.60. The monoisotopic (exact) mass is 436 g/mol. The Morgan fingerprint density at radius 3 is 2.45 bits per heavy atom. The van der Waals surface area contributed by atoms with Gasteiger partial charge in [-0.15, -0.1) is 0 Å². The maximum atomic E-state index is 14.4. The molecule has 0 radical (unpaired) electrons. The summed E-state index contributed by atoms with van der Waals surface area (Å²) in [6.45, 7) is 5.76. The van der Waals surface area contributed by atoms with Gasteiger partial charge in [-0.05, 0) is 25.7 Å². The van der Waals surface area contributed by atoms with Crippen LogP contribution in [0.4, 0.5) is 13.2 Å². The Morgan fingerprint density at radius 2 is 1.81 bits per heavy atom. The van der Waals surface area contributed by atoms with Crippen molar-refractivity contribution in [3.63, 3.8) is 0 Å². The van der Waals surface area contributed by atoms with E-state index in [0.29, 0.717) is 12.0 Å². The molecule has 1 N–H and O–H groups in total. The van der Waals surface area contributed by atoms with Gasteiger partial charge in [0.25, 0.3) is 0 Å². The molecule has 0 saturated carbocycles. The minimum absolute atomic E-state index is 0.000774. The van der Waals surface area contributed by atoms with Crippen LogP contribution in [-0.2, 0) is 4.79 Å². The van der Waals surface area contributed by atoms with Crippen LogP contribution in [0.5, 0.6) is 5.75 Å². The highest BCUT2D eigenvalue weighted by Gasteiger charge is 2.54. The van der Waals surface area contributed by atoms with E-state index in [4.69, 9.17) is 4.74 Å². The van der Waals surface area contributed by atoms with Crippen molar-refractivity contribution in [2.24, 2.45) is 0 Å². The lowest BCUT2D eigenvalue weighted by molar-refractivity contribution is -0.204. The molecule has 0 spiro atoms. The van der Waals surface area contributed by atoms with E-state index in [9.17, 15) is 18.0 Å². The Bertz CT molecular complexity index is 911. The van der Waals surface area contributed by atoms with E-state index in [1.807, 2.05) is 12.1 Å². The summed E-state index contributed by atoms with van der Waals surface area (Å²) in [7, 11) is 0. The van der Waals surface area contributed by atoms with Gasteiger partial charge in [0.15, 0.2) is 6.04 Å². The summed E-state index contributed by atoms with van der Waals surface area (Å²) >= 11 is 0. The van der Waals surface area contributed by atoms with E-state index >= 15 is 0 Å². The molecule has 2 aromatic rings. The largest absolute Gasteiger partial charge is 0.493 e. The molecule has 7 heteroatoms. The fourth-order valence-electron chi connectivity index (χ4n) is 4.20. The molecule has 2 aromatic carbocycles. The standard InChI is InChI=1S/C24H31F3N2O2/c1-4-5-6-7-10-15-31-21-18-12-9-8-11-17(18)13-14-19(21)22(24(25,26)27)29-23(2,3)16-20(30)28-29/h8-9,11-14,22H,4-7,10,15-16H2,1-3H3,(H,28,30). The zero-order chi connectivity index (χ0) is 22.6. The number of fused-ring (bicyclic) bond motifs is 1. The van der Waals surface area contributed by atoms with E-state index in [1.165, 1.54) is 6.07 Å². The van der Waals surface area contributed by atoms with Crippen LogP contribution < -0.4 is 10.2 Å². The predicted molar refractivity (Wildman–Crippen MR) is 116 cm³/mol. The Hall–Kier alpha value is -2.28. The number of carbonyl (C=O) groups excluding carboxylic acids is 1. The number of amides is 1. The lowest BCUT2D eigenvalue weighted by Crippen LogP contribution is -2.51. The van der Waals surface area contributed by atoms with Gasteiger partial charge in [0.2, 0.25) is 5.91 Å². The quantitative estimate of drug-likeness (QED) is 0.469. The lowest BCUT2D eigenvalue weighted by Gasteiger charge is -2.38. The molecule has 1 heterocycles. The van der Waals surface area contributed by atoms with Crippen molar-refractivity contribution in [3.05, 3.63) is 42.0 Å². The van der Waals surface area contributed by atoms with Crippen molar-refractivity contribution in [1.29, 1.82) is 0 Å². The lowest BCUT2D eigenvalue weighted by atomic mass is 9.94. The third kappa shape index (κ3) is 5.32. The van der Waals surface area contributed by atoms with Crippen molar-refractivity contribution in [1.82, 2.24) is 10.4 Å². The third-order valence-electron chi connectivity index (χ3n) is 5.76. The maximum absolute atomic E-state index is 14.4. The first-order valence-electron chi connectivity index (χ1n) is 10.9. The zero-order valence-electron chi connectivity index (χ0n) is 18.4. The summed E-state index contributed by atoms with van der Waals surface area (Å²) in [6.07, 6.45) is 0.508. The number of nitrogens with zero attached hydrogens (tertiary/aromatic N) is 1. The average Bonchev–Trinajstić information content (AvgIpc) is 2.96. The highest BCUT2D eigenvalue weighted by Crippen LogP contribution is 2.47. The number of benzene rings is 2. The normalized spacial score (nSPS) is 17.7. The number of unbranched alkanes of at least 4 members (excludes halogenated alkanes) is 4. The molecule has 1 saturated heterocycles. The van der Waals surface area contributed by atoms with Crippen LogP contribution in [-0.4, -0.2) is 29.2 Å². The Labute approximate surface area is 181 Å². The SMILES string of the molecule is CCCCCCCOc1c(C(N2NC(=O)CC2(C)C)C(F)(F)F)ccc2ccccc12. The minimum Gasteiger partial charge on any atom is -0.493 e. The first-order valence-corrected chi connectivity index (χ1v) is 10.9. The fourth-order valence-corrected chi connectivity index (χ4v) is 4.20. The van der Waals surface area contributed by atoms with Gasteiger partial charge in [-0.2, -0.15) is 18.2 Å². The Kier molecular flexibility index (Phi) is 7.14. The van der Waals surface area contributed by atoms with E-state index in [2.05, 4.69) is 12.3 Å². The van der Waals surface area contributed by atoms with Gasteiger partial charge in [-0.3, -0.25) is 10.2 Å². The molecule has 170 valence electrons. The van der Waals surface area contributed by atoms with E-state index < -0.39 is 23.7 Å². The average molecular weight is 437 g/mol. The Balaban J connectivity index is 2.00. The summed E-state index contributed by atoms with van der Waals surface area (Å²) in [4.78, 5) is 12.0. The number of hydrazine groups is 1. The van der Waals surface area contributed by atoms with Crippen molar-refractivity contribution < 1.29 is 22.7 Å². The van der Waals surface area contributed by atoms with Gasteiger partial charge in [0.05, 0.1) is 6.61 Å². The summed E-state index contributed by atoms with van der Waals surface area (Å²) in [5.74, 6) is -0.175. The summed E-state index contributed by atoms with van der Waals surface area (Å²) in [5, 5.41) is 2.50. The van der Waals surface area contributed by atoms with Crippen LogP contribution in [0.25, 0.3) is 10.8 Å². The topological polar surface area (TPSA) is 41.6 Å². The van der Waals surface area contributed by atoms with Crippen molar-refractivity contribution >= 4 is 16.7 Å². The molecular formula is C24H31F3N2O2. The van der Waals surface area contributed by atoms with Crippen molar-refractivity contribution in [2.45, 2.75) is 77.1 Å². The first kappa shape index (κ1) is 23.4. The number of carbonyl (C=O) groups is 1. The van der Waals surface area contributed by atoms with Gasteiger partial charge in [0.1, 0.15) is 5.75 Å². The summed E-state index contributed by atoms with van der Waals surface area (Å²) in [6, 6.07) is 8.44. The zero-order valence-corrected chi connectivity index (χ0v) is 18.4. The van der Waals surface area contributed by atoms with Crippen LogP contribution in [0, 0.1) is 0 Å². The highest BCUT2D eigenvalue weighted by atomic mass is 19.4. The molecule has 0 aromatic heterocycles. The van der Waals surface area contributed by atoms with Crippen molar-refractivity contribution in [2.75, 3.05) is 6.61 Å². The van der Waals surface area contributed by atoms with Crippen LogP contribution in [0.3, 0.4) is 0 Å². The van der Waals surface area contributed by atoms with Crippen LogP contribution in [0.15, 0.2) is 36.4 Å². The molecule has 1 unspecified atom stereocenters. The fraction of sp³-hybridized carbons (Fsp3) is 0.542. The summed E-state index contributed by atoms with van der Waals surface area (Å²) < 4.78 is 49.2. The molecule has 1 atom stereocenters. The summed E-state index contributed by atoms with van der Waals surface area (Å²) in [5.41, 5.74) is 1.47.